The molecule has 2 aromatic carbocycles. The number of hydrogen-bond donors (Lipinski definition) is 2. The number of thiophene rings is 1. The summed E-state index contributed by atoms with van der Waals surface area (Å²) in [6.07, 6.45) is -4.59. The molecule has 0 aliphatic heterocycles. The molecule has 35 heavy (non-hydrogen) atoms. The standard InChI is InChI=1S/C23H18F3N5O2S2/c24-23(25,26)16-9-4-5-10-17(16)28-20(32)14-35-22-30-29-19(31(22)15-7-2-1-3-8-15)13-27-21(33)18-11-6-12-34-18/h1-12H,13-14H2,(H,27,33)(H,28,32). The minimum Gasteiger partial charge on any atom is -0.344 e. The van der Waals surface area contributed by atoms with Crippen LogP contribution in [0.5, 0.6) is 0 Å². The van der Waals surface area contributed by atoms with Crippen LogP contribution in [0.1, 0.15) is 21.1 Å². The van der Waals surface area contributed by atoms with Crippen molar-refractivity contribution in [1.82, 2.24) is 20.1 Å². The number of para-hydroxylation sites is 2. The second-order valence-corrected chi connectivity index (χ2v) is 9.00. The minimum atomic E-state index is -4.59. The molecule has 0 aliphatic rings. The Morgan fingerprint density at radius 2 is 1.71 bits per heavy atom. The molecular formula is C23H18F3N5O2S2. The van der Waals surface area contributed by atoms with Crippen LogP contribution in [-0.4, -0.2) is 32.3 Å². The van der Waals surface area contributed by atoms with E-state index in [-0.39, 0.29) is 23.9 Å². The number of alkyl halides is 3. The molecule has 12 heteroatoms. The van der Waals surface area contributed by atoms with Crippen LogP contribution in [0.25, 0.3) is 5.69 Å². The van der Waals surface area contributed by atoms with Crippen LogP contribution in [0.15, 0.2) is 77.3 Å². The number of aromatic nitrogens is 3. The van der Waals surface area contributed by atoms with Gasteiger partial charge in [-0.3, -0.25) is 14.2 Å². The molecule has 2 N–H and O–H groups in total. The van der Waals surface area contributed by atoms with Crippen molar-refractivity contribution in [2.45, 2.75) is 17.9 Å². The van der Waals surface area contributed by atoms with E-state index in [0.717, 1.165) is 17.8 Å². The molecular weight excluding hydrogens is 499 g/mol. The van der Waals surface area contributed by atoms with Crippen molar-refractivity contribution in [2.75, 3.05) is 11.1 Å². The van der Waals surface area contributed by atoms with E-state index in [1.54, 1.807) is 22.1 Å². The van der Waals surface area contributed by atoms with Crippen molar-refractivity contribution in [1.29, 1.82) is 0 Å². The number of hydrogen-bond acceptors (Lipinski definition) is 6. The summed E-state index contributed by atoms with van der Waals surface area (Å²) in [5.41, 5.74) is -0.523. The Bertz CT molecular complexity index is 1310. The summed E-state index contributed by atoms with van der Waals surface area (Å²) in [5, 5.41) is 15.6. The maximum absolute atomic E-state index is 13.2. The van der Waals surface area contributed by atoms with Crippen molar-refractivity contribution in [2.24, 2.45) is 0 Å². The maximum Gasteiger partial charge on any atom is 0.418 e. The molecule has 0 fully saturated rings. The maximum atomic E-state index is 13.2. The number of benzene rings is 2. The number of nitrogens with zero attached hydrogens (tertiary/aromatic N) is 3. The van der Waals surface area contributed by atoms with Gasteiger partial charge in [-0.15, -0.1) is 21.5 Å². The smallest absolute Gasteiger partial charge is 0.344 e. The molecule has 180 valence electrons. The molecule has 2 aromatic heterocycles. The highest BCUT2D eigenvalue weighted by atomic mass is 32.2. The Labute approximate surface area is 206 Å². The molecule has 4 rings (SSSR count). The lowest BCUT2D eigenvalue weighted by atomic mass is 10.1. The van der Waals surface area contributed by atoms with E-state index >= 15 is 0 Å². The van der Waals surface area contributed by atoms with Gasteiger partial charge in [-0.05, 0) is 35.7 Å². The fraction of sp³-hybridized carbons (Fsp3) is 0.130. The summed E-state index contributed by atoms with van der Waals surface area (Å²) < 4.78 is 41.3. The lowest BCUT2D eigenvalue weighted by Crippen LogP contribution is -2.24. The predicted octanol–water partition coefficient (Wildman–Crippen LogP) is 5.01. The zero-order valence-electron chi connectivity index (χ0n) is 18.0. The van der Waals surface area contributed by atoms with E-state index in [1.165, 1.54) is 29.5 Å². The van der Waals surface area contributed by atoms with Crippen molar-refractivity contribution in [3.63, 3.8) is 0 Å². The van der Waals surface area contributed by atoms with Crippen molar-refractivity contribution in [3.05, 3.63) is 88.4 Å². The van der Waals surface area contributed by atoms with E-state index in [9.17, 15) is 22.8 Å². The number of carbonyl (C=O) groups is 2. The Balaban J connectivity index is 1.49. The summed E-state index contributed by atoms with van der Waals surface area (Å²) in [6.45, 7) is 0.0876. The van der Waals surface area contributed by atoms with Gasteiger partial charge in [0.05, 0.1) is 28.4 Å². The molecule has 0 unspecified atom stereocenters. The van der Waals surface area contributed by atoms with Gasteiger partial charge in [0.2, 0.25) is 5.91 Å². The van der Waals surface area contributed by atoms with Gasteiger partial charge in [-0.2, -0.15) is 13.2 Å². The third-order valence-corrected chi connectivity index (χ3v) is 6.50. The fourth-order valence-electron chi connectivity index (χ4n) is 3.15. The molecule has 7 nitrogen and oxygen atoms in total. The lowest BCUT2D eigenvalue weighted by Gasteiger charge is -2.13. The van der Waals surface area contributed by atoms with E-state index in [0.29, 0.717) is 21.5 Å². The Morgan fingerprint density at radius 1 is 0.971 bits per heavy atom. The Kier molecular flexibility index (Phi) is 7.51. The molecule has 0 atom stereocenters. The number of anilines is 1. The van der Waals surface area contributed by atoms with Crippen LogP contribution in [0.2, 0.25) is 0 Å². The number of rotatable bonds is 8. The summed E-state index contributed by atoms with van der Waals surface area (Å²) in [4.78, 5) is 25.3. The number of amides is 2. The summed E-state index contributed by atoms with van der Waals surface area (Å²) >= 11 is 2.33. The second kappa shape index (κ2) is 10.7. The molecule has 0 bridgehead atoms. The van der Waals surface area contributed by atoms with E-state index in [2.05, 4.69) is 20.8 Å². The van der Waals surface area contributed by atoms with Crippen LogP contribution in [0, 0.1) is 0 Å². The SMILES string of the molecule is O=C(CSc1nnc(CNC(=O)c2cccs2)n1-c1ccccc1)Nc1ccccc1C(F)(F)F. The van der Waals surface area contributed by atoms with Crippen LogP contribution in [-0.2, 0) is 17.5 Å². The van der Waals surface area contributed by atoms with E-state index in [1.807, 2.05) is 30.3 Å². The van der Waals surface area contributed by atoms with Crippen LogP contribution in [0.3, 0.4) is 0 Å². The molecule has 0 radical (unpaired) electrons. The van der Waals surface area contributed by atoms with Gasteiger partial charge in [-0.1, -0.05) is 48.2 Å². The van der Waals surface area contributed by atoms with Gasteiger partial charge in [0.1, 0.15) is 0 Å². The summed E-state index contributed by atoms with van der Waals surface area (Å²) in [6, 6.07) is 17.4. The molecule has 2 heterocycles. The highest BCUT2D eigenvalue weighted by molar-refractivity contribution is 7.99. The fourth-order valence-corrected chi connectivity index (χ4v) is 4.57. The van der Waals surface area contributed by atoms with Gasteiger partial charge in [0, 0.05) is 5.69 Å². The van der Waals surface area contributed by atoms with Gasteiger partial charge in [-0.25, -0.2) is 0 Å². The number of halogens is 3. The first-order valence-electron chi connectivity index (χ1n) is 10.2. The molecule has 4 aromatic rings. The molecule has 0 aliphatic carbocycles. The highest BCUT2D eigenvalue weighted by Crippen LogP contribution is 2.34. The summed E-state index contributed by atoms with van der Waals surface area (Å²) in [7, 11) is 0. The molecule has 0 saturated carbocycles. The third kappa shape index (κ3) is 6.08. The quantitative estimate of drug-likeness (QED) is 0.321. The number of nitrogens with one attached hydrogen (secondary N) is 2. The summed E-state index contributed by atoms with van der Waals surface area (Å²) in [5.74, 6) is -0.633. The molecule has 0 saturated heterocycles. The third-order valence-electron chi connectivity index (χ3n) is 4.71. The molecule has 0 spiro atoms. The largest absolute Gasteiger partial charge is 0.418 e. The zero-order chi connectivity index (χ0) is 24.8. The van der Waals surface area contributed by atoms with Crippen molar-refractivity contribution < 1.29 is 22.8 Å². The Hall–Kier alpha value is -3.64. The topological polar surface area (TPSA) is 88.9 Å². The van der Waals surface area contributed by atoms with Gasteiger partial charge < -0.3 is 10.6 Å². The first-order valence-corrected chi connectivity index (χ1v) is 12.1. The zero-order valence-corrected chi connectivity index (χ0v) is 19.6. The van der Waals surface area contributed by atoms with Crippen LogP contribution >= 0.6 is 23.1 Å². The van der Waals surface area contributed by atoms with Gasteiger partial charge in [0.15, 0.2) is 11.0 Å². The van der Waals surface area contributed by atoms with Crippen molar-refractivity contribution >= 4 is 40.6 Å². The van der Waals surface area contributed by atoms with Gasteiger partial charge in [0.25, 0.3) is 5.91 Å². The average Bonchev–Trinajstić information content (AvgIpc) is 3.52. The normalized spacial score (nSPS) is 11.3. The predicted molar refractivity (Wildman–Crippen MR) is 128 cm³/mol. The van der Waals surface area contributed by atoms with E-state index < -0.39 is 17.6 Å². The van der Waals surface area contributed by atoms with Gasteiger partial charge >= 0.3 is 6.18 Å². The van der Waals surface area contributed by atoms with Crippen LogP contribution in [0.4, 0.5) is 18.9 Å². The first-order chi connectivity index (χ1) is 16.8. The minimum absolute atomic E-state index is 0.0876. The lowest BCUT2D eigenvalue weighted by molar-refractivity contribution is -0.137. The first kappa shape index (κ1) is 24.5. The average molecular weight is 518 g/mol. The van der Waals surface area contributed by atoms with Crippen molar-refractivity contribution in [3.8, 4) is 5.69 Å². The number of thioether (sulfide) groups is 1. The highest BCUT2D eigenvalue weighted by Gasteiger charge is 2.33. The Morgan fingerprint density at radius 3 is 2.43 bits per heavy atom. The van der Waals surface area contributed by atoms with E-state index in [4.69, 9.17) is 0 Å². The molecule has 2 amide bonds. The monoisotopic (exact) mass is 517 g/mol. The number of carbonyl (C=O) groups excluding carboxylic acids is 2. The second-order valence-electron chi connectivity index (χ2n) is 7.11. The van der Waals surface area contributed by atoms with Crippen LogP contribution < -0.4 is 10.6 Å².